The molecule has 2 aromatic carbocycles. The molecule has 0 amide bonds. The third kappa shape index (κ3) is 4.04. The third-order valence-corrected chi connectivity index (χ3v) is 8.56. The van der Waals surface area contributed by atoms with Crippen LogP contribution in [0.25, 0.3) is 11.1 Å². The van der Waals surface area contributed by atoms with Crippen molar-refractivity contribution in [3.8, 4) is 11.1 Å². The van der Waals surface area contributed by atoms with E-state index < -0.39 is 10.0 Å². The smallest absolute Gasteiger partial charge is 0.240 e. The Morgan fingerprint density at radius 3 is 2.32 bits per heavy atom. The number of carbonyl (C=O) groups excluding carboxylic acids is 1. The molecule has 2 aliphatic rings. The first-order valence-corrected chi connectivity index (χ1v) is 12.2. The molecular weight excluding hydrogens is 390 g/mol. The van der Waals surface area contributed by atoms with Gasteiger partial charge in [-0.2, -0.15) is 0 Å². The average molecular weight is 416 g/mol. The highest BCUT2D eigenvalue weighted by molar-refractivity contribution is 8.13. The van der Waals surface area contributed by atoms with E-state index in [1.54, 1.807) is 19.1 Å². The normalized spacial score (nSPS) is 26.5. The zero-order chi connectivity index (χ0) is 19.7. The quantitative estimate of drug-likeness (QED) is 0.763. The number of thioether (sulfide) groups is 1. The van der Waals surface area contributed by atoms with Gasteiger partial charge in [0.25, 0.3) is 0 Å². The van der Waals surface area contributed by atoms with Crippen LogP contribution in [0.1, 0.15) is 26.2 Å². The summed E-state index contributed by atoms with van der Waals surface area (Å²) in [5.41, 5.74) is 2.06. The van der Waals surface area contributed by atoms with Gasteiger partial charge in [0.1, 0.15) is 0 Å². The summed E-state index contributed by atoms with van der Waals surface area (Å²) < 4.78 is 29.0. The maximum absolute atomic E-state index is 13.0. The topological polar surface area (TPSA) is 63.2 Å². The molecule has 2 bridgehead atoms. The first kappa shape index (κ1) is 19.7. The minimum atomic E-state index is -3.58. The van der Waals surface area contributed by atoms with Gasteiger partial charge in [-0.15, -0.1) is 0 Å². The van der Waals surface area contributed by atoms with Gasteiger partial charge in [0.2, 0.25) is 10.0 Å². The lowest BCUT2D eigenvalue weighted by Gasteiger charge is -2.31. The zero-order valence-electron chi connectivity index (χ0n) is 15.9. The summed E-state index contributed by atoms with van der Waals surface area (Å²) in [6.45, 7) is 1.57. The molecule has 6 heteroatoms. The average Bonchev–Trinajstić information content (AvgIpc) is 3.29. The van der Waals surface area contributed by atoms with Crippen LogP contribution >= 0.6 is 11.8 Å². The second-order valence-corrected chi connectivity index (χ2v) is 10.7. The van der Waals surface area contributed by atoms with E-state index in [1.807, 2.05) is 42.5 Å². The molecule has 2 fully saturated rings. The van der Waals surface area contributed by atoms with Gasteiger partial charge in [-0.1, -0.05) is 54.2 Å². The van der Waals surface area contributed by atoms with Gasteiger partial charge in [-0.25, -0.2) is 13.1 Å². The first-order chi connectivity index (χ1) is 13.4. The Hall–Kier alpha value is -1.63. The molecule has 4 unspecified atom stereocenters. The van der Waals surface area contributed by atoms with E-state index in [4.69, 9.17) is 0 Å². The van der Waals surface area contributed by atoms with E-state index in [9.17, 15) is 13.2 Å². The van der Waals surface area contributed by atoms with Crippen LogP contribution < -0.4 is 4.72 Å². The lowest BCUT2D eigenvalue weighted by molar-refractivity contribution is -0.109. The molecule has 148 valence electrons. The Morgan fingerprint density at radius 2 is 1.64 bits per heavy atom. The second-order valence-electron chi connectivity index (χ2n) is 7.84. The van der Waals surface area contributed by atoms with Gasteiger partial charge < -0.3 is 0 Å². The number of hydrogen-bond acceptors (Lipinski definition) is 4. The number of carbonyl (C=O) groups is 1. The molecule has 4 atom stereocenters. The van der Waals surface area contributed by atoms with Gasteiger partial charge in [-0.05, 0) is 60.3 Å². The van der Waals surface area contributed by atoms with Gasteiger partial charge in [-0.3, -0.25) is 4.79 Å². The standard InChI is InChI=1S/C22H25NO3S2/c1-15(24)27-14-21-18-7-8-19(13-18)22(21)23-28(25,26)20-11-9-17(10-12-20)16-5-3-2-4-6-16/h2-6,9-12,18-19,21-23H,7-8,13-14H2,1H3. The van der Waals surface area contributed by atoms with E-state index in [0.29, 0.717) is 22.5 Å². The molecule has 2 aromatic rings. The number of sulfonamides is 1. The van der Waals surface area contributed by atoms with E-state index in [2.05, 4.69) is 4.72 Å². The summed E-state index contributed by atoms with van der Waals surface area (Å²) >= 11 is 1.32. The molecule has 2 aliphatic carbocycles. The third-order valence-electron chi connectivity index (χ3n) is 6.13. The maximum Gasteiger partial charge on any atom is 0.240 e. The monoisotopic (exact) mass is 415 g/mol. The highest BCUT2D eigenvalue weighted by Crippen LogP contribution is 2.49. The van der Waals surface area contributed by atoms with Crippen LogP contribution in [0.5, 0.6) is 0 Å². The van der Waals surface area contributed by atoms with Crippen molar-refractivity contribution < 1.29 is 13.2 Å². The number of rotatable bonds is 6. The molecule has 0 radical (unpaired) electrons. The van der Waals surface area contributed by atoms with Gasteiger partial charge in [0.05, 0.1) is 4.90 Å². The Balaban J connectivity index is 1.51. The molecule has 0 spiro atoms. The largest absolute Gasteiger partial charge is 0.288 e. The number of nitrogens with one attached hydrogen (secondary N) is 1. The Kier molecular flexibility index (Phi) is 5.63. The van der Waals surface area contributed by atoms with Crippen molar-refractivity contribution in [3.05, 3.63) is 54.6 Å². The van der Waals surface area contributed by atoms with Crippen molar-refractivity contribution in [1.29, 1.82) is 0 Å². The summed E-state index contributed by atoms with van der Waals surface area (Å²) in [6, 6.07) is 16.9. The molecular formula is C22H25NO3S2. The minimum absolute atomic E-state index is 0.0654. The predicted molar refractivity (Wildman–Crippen MR) is 113 cm³/mol. The Morgan fingerprint density at radius 1 is 1.00 bits per heavy atom. The van der Waals surface area contributed by atoms with Crippen molar-refractivity contribution >= 4 is 26.9 Å². The summed E-state index contributed by atoms with van der Waals surface area (Å²) in [4.78, 5) is 11.7. The van der Waals surface area contributed by atoms with E-state index in [0.717, 1.165) is 30.4 Å². The lowest BCUT2D eigenvalue weighted by Crippen LogP contribution is -2.44. The van der Waals surface area contributed by atoms with Crippen LogP contribution in [-0.2, 0) is 14.8 Å². The minimum Gasteiger partial charge on any atom is -0.288 e. The Bertz CT molecular complexity index is 942. The van der Waals surface area contributed by atoms with Gasteiger partial charge >= 0.3 is 0 Å². The van der Waals surface area contributed by atoms with Crippen molar-refractivity contribution in [2.75, 3.05) is 5.75 Å². The SMILES string of the molecule is CC(=O)SCC1C2CCC(C2)C1NS(=O)(=O)c1ccc(-c2ccccc2)cc1. The second kappa shape index (κ2) is 8.01. The summed E-state index contributed by atoms with van der Waals surface area (Å²) in [5, 5.41) is 0.0980. The molecule has 0 aromatic heterocycles. The molecule has 0 aliphatic heterocycles. The van der Waals surface area contributed by atoms with Crippen molar-refractivity contribution in [2.45, 2.75) is 37.1 Å². The van der Waals surface area contributed by atoms with Crippen LogP contribution in [-0.4, -0.2) is 25.3 Å². The van der Waals surface area contributed by atoms with E-state index in [1.165, 1.54) is 11.8 Å². The van der Waals surface area contributed by atoms with Gasteiger partial charge in [0, 0.05) is 18.7 Å². The molecule has 4 nitrogen and oxygen atoms in total. The van der Waals surface area contributed by atoms with Gasteiger partial charge in [0.15, 0.2) is 5.12 Å². The van der Waals surface area contributed by atoms with Crippen LogP contribution in [0, 0.1) is 17.8 Å². The summed E-state index contributed by atoms with van der Waals surface area (Å²) in [5.74, 6) is 1.87. The van der Waals surface area contributed by atoms with Crippen LogP contribution in [0.2, 0.25) is 0 Å². The molecule has 2 saturated carbocycles. The van der Waals surface area contributed by atoms with Crippen molar-refractivity contribution in [2.24, 2.45) is 17.8 Å². The molecule has 4 rings (SSSR count). The molecule has 28 heavy (non-hydrogen) atoms. The first-order valence-electron chi connectivity index (χ1n) is 9.75. The molecule has 1 N–H and O–H groups in total. The van der Waals surface area contributed by atoms with Crippen LogP contribution in [0.4, 0.5) is 0 Å². The highest BCUT2D eigenvalue weighted by Gasteiger charge is 2.48. The fourth-order valence-corrected chi connectivity index (χ4v) is 7.01. The van der Waals surface area contributed by atoms with Crippen molar-refractivity contribution in [3.63, 3.8) is 0 Å². The number of fused-ring (bicyclic) bond motifs is 2. The number of benzene rings is 2. The number of hydrogen-bond donors (Lipinski definition) is 1. The predicted octanol–water partition coefficient (Wildman–Crippen LogP) is 4.33. The van der Waals surface area contributed by atoms with Crippen molar-refractivity contribution in [1.82, 2.24) is 4.72 Å². The highest BCUT2D eigenvalue weighted by atomic mass is 32.2. The summed E-state index contributed by atoms with van der Waals surface area (Å²) in [6.07, 6.45) is 3.30. The van der Waals surface area contributed by atoms with Crippen LogP contribution in [0.15, 0.2) is 59.5 Å². The zero-order valence-corrected chi connectivity index (χ0v) is 17.5. The molecule has 0 saturated heterocycles. The van der Waals surface area contributed by atoms with E-state index in [-0.39, 0.29) is 17.1 Å². The summed E-state index contributed by atoms with van der Waals surface area (Å²) in [7, 11) is -3.58. The lowest BCUT2D eigenvalue weighted by atomic mass is 9.86. The fraction of sp³-hybridized carbons (Fsp3) is 0.409. The Labute approximate surface area is 171 Å². The fourth-order valence-electron chi connectivity index (χ4n) is 4.75. The van der Waals surface area contributed by atoms with E-state index >= 15 is 0 Å². The maximum atomic E-state index is 13.0. The molecule has 0 heterocycles. The van der Waals surface area contributed by atoms with Crippen LogP contribution in [0.3, 0.4) is 0 Å².